The zero-order chi connectivity index (χ0) is 20.1. The highest BCUT2D eigenvalue weighted by atomic mass is 15.2. The summed E-state index contributed by atoms with van der Waals surface area (Å²) >= 11 is 0. The Kier molecular flexibility index (Phi) is 3.68. The van der Waals surface area contributed by atoms with E-state index >= 15 is 0 Å². The lowest BCUT2D eigenvalue weighted by atomic mass is 9.96. The van der Waals surface area contributed by atoms with Gasteiger partial charge in [0, 0.05) is 17.0 Å². The second-order valence-corrected chi connectivity index (χ2v) is 7.62. The summed E-state index contributed by atoms with van der Waals surface area (Å²) in [6, 6.07) is 29.8. The summed E-state index contributed by atoms with van der Waals surface area (Å²) in [6.07, 6.45) is 3.79. The lowest BCUT2D eigenvalue weighted by Gasteiger charge is -2.13. The summed E-state index contributed by atoms with van der Waals surface area (Å²) in [5.74, 6) is 0. The summed E-state index contributed by atoms with van der Waals surface area (Å²) in [7, 11) is 0. The number of nitrogens with zero attached hydrogens (tertiary/aromatic N) is 3. The van der Waals surface area contributed by atoms with Crippen molar-refractivity contribution in [2.75, 3.05) is 0 Å². The van der Waals surface area contributed by atoms with Crippen LogP contribution in [0.3, 0.4) is 0 Å². The molecule has 0 saturated heterocycles. The summed E-state index contributed by atoms with van der Waals surface area (Å²) in [5.41, 5.74) is 9.22. The third-order valence-corrected chi connectivity index (χ3v) is 5.86. The van der Waals surface area contributed by atoms with Crippen molar-refractivity contribution in [2.24, 2.45) is 0 Å². The summed E-state index contributed by atoms with van der Waals surface area (Å²) in [6.45, 7) is 2.13. The van der Waals surface area contributed by atoms with E-state index in [-0.39, 0.29) is 0 Å². The molecule has 3 heteroatoms. The Morgan fingerprint density at radius 2 is 1.43 bits per heavy atom. The highest BCUT2D eigenvalue weighted by Crippen LogP contribution is 2.36. The molecule has 3 aromatic heterocycles. The van der Waals surface area contributed by atoms with Crippen LogP contribution in [0.15, 0.2) is 97.3 Å². The molecule has 3 heterocycles. The molecule has 0 N–H and O–H groups in total. The lowest BCUT2D eigenvalue weighted by Crippen LogP contribution is -1.97. The van der Waals surface area contributed by atoms with Gasteiger partial charge in [-0.05, 0) is 46.9 Å². The molecule has 0 aliphatic heterocycles. The van der Waals surface area contributed by atoms with Crippen LogP contribution in [0.2, 0.25) is 0 Å². The Morgan fingerprint density at radius 1 is 0.667 bits per heavy atom. The van der Waals surface area contributed by atoms with Crippen LogP contribution in [0.4, 0.5) is 0 Å². The number of para-hydroxylation sites is 1. The highest BCUT2D eigenvalue weighted by molar-refractivity contribution is 6.16. The van der Waals surface area contributed by atoms with Crippen LogP contribution in [0.1, 0.15) is 5.56 Å². The van der Waals surface area contributed by atoms with Crippen molar-refractivity contribution in [2.45, 2.75) is 6.92 Å². The molecule has 0 radical (unpaired) electrons. The van der Waals surface area contributed by atoms with Crippen LogP contribution in [-0.2, 0) is 0 Å². The maximum atomic E-state index is 4.79. The minimum Gasteiger partial charge on any atom is -0.255 e. The quantitative estimate of drug-likeness (QED) is 0.311. The number of aryl methyl sites for hydroxylation is 1. The number of pyridine rings is 2. The van der Waals surface area contributed by atoms with Crippen molar-refractivity contribution >= 4 is 27.3 Å². The van der Waals surface area contributed by atoms with Gasteiger partial charge in [-0.25, -0.2) is 4.52 Å². The first-order valence-corrected chi connectivity index (χ1v) is 10.1. The van der Waals surface area contributed by atoms with Crippen LogP contribution in [0.25, 0.3) is 49.6 Å². The van der Waals surface area contributed by atoms with Crippen LogP contribution in [0.5, 0.6) is 0 Å². The van der Waals surface area contributed by atoms with E-state index in [1.165, 1.54) is 27.8 Å². The molecule has 0 fully saturated rings. The molecular weight excluding hydrogens is 366 g/mol. The van der Waals surface area contributed by atoms with E-state index in [1.54, 1.807) is 0 Å². The fourth-order valence-corrected chi connectivity index (χ4v) is 4.44. The van der Waals surface area contributed by atoms with Gasteiger partial charge in [0.2, 0.25) is 0 Å². The van der Waals surface area contributed by atoms with Crippen LogP contribution in [0, 0.1) is 6.92 Å². The van der Waals surface area contributed by atoms with Gasteiger partial charge in [-0.15, -0.1) is 0 Å². The Morgan fingerprint density at radius 3 is 2.27 bits per heavy atom. The number of rotatable bonds is 2. The molecule has 0 aliphatic rings. The molecular formula is C27H19N3. The Hall–Kier alpha value is -3.98. The fraction of sp³-hybridized carbons (Fsp3) is 0.0370. The van der Waals surface area contributed by atoms with E-state index in [9.17, 15) is 0 Å². The smallest absolute Gasteiger partial charge is 0.0824 e. The molecule has 30 heavy (non-hydrogen) atoms. The first kappa shape index (κ1) is 16.9. The minimum absolute atomic E-state index is 1.02. The molecule has 0 bridgehead atoms. The molecule has 142 valence electrons. The number of hydrogen-bond acceptors (Lipinski definition) is 2. The number of aromatic nitrogens is 3. The van der Waals surface area contributed by atoms with E-state index in [0.29, 0.717) is 0 Å². The van der Waals surface area contributed by atoms with Crippen molar-refractivity contribution in [1.29, 1.82) is 0 Å². The fourth-order valence-electron chi connectivity index (χ4n) is 4.44. The van der Waals surface area contributed by atoms with Gasteiger partial charge in [-0.1, -0.05) is 72.8 Å². The molecule has 6 rings (SSSR count). The van der Waals surface area contributed by atoms with Gasteiger partial charge in [0.1, 0.15) is 0 Å². The monoisotopic (exact) mass is 385 g/mol. The number of hydrogen-bond donors (Lipinski definition) is 0. The van der Waals surface area contributed by atoms with E-state index in [0.717, 1.165) is 27.3 Å². The average molecular weight is 385 g/mol. The third kappa shape index (κ3) is 2.45. The van der Waals surface area contributed by atoms with E-state index in [2.05, 4.69) is 95.4 Å². The zero-order valence-electron chi connectivity index (χ0n) is 16.6. The van der Waals surface area contributed by atoms with Gasteiger partial charge in [-0.3, -0.25) is 4.98 Å². The maximum absolute atomic E-state index is 4.79. The second kappa shape index (κ2) is 6.53. The topological polar surface area (TPSA) is 30.2 Å². The predicted molar refractivity (Wildman–Crippen MR) is 124 cm³/mol. The normalized spacial score (nSPS) is 11.5. The molecule has 0 unspecified atom stereocenters. The molecule has 0 saturated carbocycles. The average Bonchev–Trinajstić information content (AvgIpc) is 3.29. The largest absolute Gasteiger partial charge is 0.255 e. The summed E-state index contributed by atoms with van der Waals surface area (Å²) in [5, 5.41) is 6.90. The summed E-state index contributed by atoms with van der Waals surface area (Å²) in [4.78, 5) is 4.79. The van der Waals surface area contributed by atoms with Gasteiger partial charge < -0.3 is 0 Å². The van der Waals surface area contributed by atoms with Crippen molar-refractivity contribution in [3.8, 4) is 22.3 Å². The molecule has 0 atom stereocenters. The van der Waals surface area contributed by atoms with Crippen LogP contribution in [-0.4, -0.2) is 14.6 Å². The zero-order valence-corrected chi connectivity index (χ0v) is 16.6. The standard InChI is InChI=1S/C27H19N3/c1-18-6-5-9-23-26-25(24-15-17-29-30(24)27(18)23)22(14-16-28-26)21-12-10-20(11-13-21)19-7-3-2-4-8-19/h2-17H,1H3. The first-order valence-electron chi connectivity index (χ1n) is 10.1. The predicted octanol–water partition coefficient (Wildman–Crippen LogP) is 6.68. The number of fused-ring (bicyclic) bond motifs is 6. The Labute approximate surface area is 174 Å². The van der Waals surface area contributed by atoms with Crippen molar-refractivity contribution in [3.63, 3.8) is 0 Å². The van der Waals surface area contributed by atoms with Gasteiger partial charge in [0.05, 0.1) is 22.7 Å². The SMILES string of the molecule is Cc1cccc2c3nccc(-c4ccc(-c5ccccc5)cc4)c3c3ccnn3c12. The minimum atomic E-state index is 1.02. The molecule has 6 aromatic rings. The maximum Gasteiger partial charge on any atom is 0.0824 e. The molecule has 3 nitrogen and oxygen atoms in total. The van der Waals surface area contributed by atoms with Gasteiger partial charge in [0.15, 0.2) is 0 Å². The van der Waals surface area contributed by atoms with E-state index < -0.39 is 0 Å². The van der Waals surface area contributed by atoms with Crippen molar-refractivity contribution in [3.05, 3.63) is 103 Å². The van der Waals surface area contributed by atoms with Gasteiger partial charge in [-0.2, -0.15) is 5.10 Å². The lowest BCUT2D eigenvalue weighted by molar-refractivity contribution is 1.00. The first-order chi connectivity index (χ1) is 14.8. The van der Waals surface area contributed by atoms with Crippen LogP contribution >= 0.6 is 0 Å². The Bertz CT molecular complexity index is 1530. The third-order valence-electron chi connectivity index (χ3n) is 5.86. The molecule has 0 amide bonds. The van der Waals surface area contributed by atoms with E-state index in [4.69, 9.17) is 4.98 Å². The van der Waals surface area contributed by atoms with Gasteiger partial charge >= 0.3 is 0 Å². The Balaban J connectivity index is 1.64. The van der Waals surface area contributed by atoms with Gasteiger partial charge in [0.25, 0.3) is 0 Å². The van der Waals surface area contributed by atoms with Crippen molar-refractivity contribution < 1.29 is 0 Å². The highest BCUT2D eigenvalue weighted by Gasteiger charge is 2.15. The summed E-state index contributed by atoms with van der Waals surface area (Å²) < 4.78 is 2.05. The molecule has 0 aliphatic carbocycles. The van der Waals surface area contributed by atoms with Crippen LogP contribution < -0.4 is 0 Å². The number of benzene rings is 3. The molecule has 3 aromatic carbocycles. The second-order valence-electron chi connectivity index (χ2n) is 7.62. The van der Waals surface area contributed by atoms with Crippen molar-refractivity contribution in [1.82, 2.24) is 14.6 Å². The molecule has 0 spiro atoms. The van der Waals surface area contributed by atoms with E-state index in [1.807, 2.05) is 18.5 Å².